The van der Waals surface area contributed by atoms with Crippen LogP contribution < -0.4 is 0 Å². The lowest BCUT2D eigenvalue weighted by Gasteiger charge is -2.15. The van der Waals surface area contributed by atoms with E-state index in [0.717, 1.165) is 0 Å². The number of ether oxygens (including phenoxy) is 2. The topological polar surface area (TPSA) is 72.8 Å². The third kappa shape index (κ3) is 1.19. The van der Waals surface area contributed by atoms with Crippen LogP contribution in [0.1, 0.15) is 6.42 Å². The Kier molecular flexibility index (Phi) is 1.92. The number of hydrogen-bond acceptors (Lipinski definition) is 4. The van der Waals surface area contributed by atoms with Crippen LogP contribution in [0.3, 0.4) is 0 Å². The summed E-state index contributed by atoms with van der Waals surface area (Å²) in [6.45, 7) is -0.328. The van der Waals surface area contributed by atoms with Crippen LogP contribution in [0.25, 0.3) is 0 Å². The maximum absolute atomic E-state index is 10.6. The van der Waals surface area contributed by atoms with Crippen molar-refractivity contribution in [3.8, 4) is 12.3 Å². The van der Waals surface area contributed by atoms with Crippen molar-refractivity contribution in [2.24, 2.45) is 0 Å². The normalized spacial score (nSPS) is 27.1. The molecule has 0 aromatic carbocycles. The zero-order valence-electron chi connectivity index (χ0n) is 6.07. The minimum Gasteiger partial charge on any atom is -0.478 e. The van der Waals surface area contributed by atoms with E-state index >= 15 is 0 Å². The SMILES string of the molecule is C#CCC1(C(=O)O)COC(=O)O1. The predicted octanol–water partition coefficient (Wildman–Crippen LogP) is -0.000100. The minimum atomic E-state index is -1.67. The van der Waals surface area contributed by atoms with Crippen molar-refractivity contribution < 1.29 is 24.2 Å². The molecule has 1 heterocycles. The first kappa shape index (κ1) is 8.40. The average molecular weight is 170 g/mol. The Morgan fingerprint density at radius 1 is 1.83 bits per heavy atom. The summed E-state index contributed by atoms with van der Waals surface area (Å²) in [4.78, 5) is 21.1. The summed E-state index contributed by atoms with van der Waals surface area (Å²) in [6, 6.07) is 0. The van der Waals surface area contributed by atoms with Crippen LogP contribution in [0.4, 0.5) is 4.79 Å². The molecular formula is C7H6O5. The van der Waals surface area contributed by atoms with E-state index in [1.165, 1.54) is 0 Å². The maximum Gasteiger partial charge on any atom is 0.509 e. The van der Waals surface area contributed by atoms with E-state index < -0.39 is 17.7 Å². The fourth-order valence-electron chi connectivity index (χ4n) is 0.827. The number of aliphatic carboxylic acids is 1. The molecule has 1 aliphatic heterocycles. The highest BCUT2D eigenvalue weighted by atomic mass is 16.8. The number of carboxylic acid groups (broad SMARTS) is 1. The first-order chi connectivity index (χ1) is 5.60. The van der Waals surface area contributed by atoms with Crippen LogP contribution in [0.2, 0.25) is 0 Å². The molecule has 64 valence electrons. The second-order valence-corrected chi connectivity index (χ2v) is 2.32. The van der Waals surface area contributed by atoms with Gasteiger partial charge in [-0.15, -0.1) is 12.3 Å². The quantitative estimate of drug-likeness (QED) is 0.466. The summed E-state index contributed by atoms with van der Waals surface area (Å²) < 4.78 is 8.79. The highest BCUT2D eigenvalue weighted by Crippen LogP contribution is 2.23. The van der Waals surface area contributed by atoms with Crippen molar-refractivity contribution in [1.82, 2.24) is 0 Å². The van der Waals surface area contributed by atoms with Gasteiger partial charge in [-0.2, -0.15) is 0 Å². The van der Waals surface area contributed by atoms with E-state index in [2.05, 4.69) is 15.4 Å². The number of carboxylic acids is 1. The summed E-state index contributed by atoms with van der Waals surface area (Å²) in [5.74, 6) is 0.828. The molecule has 0 amide bonds. The second kappa shape index (κ2) is 2.74. The number of rotatable bonds is 2. The van der Waals surface area contributed by atoms with Gasteiger partial charge in [-0.25, -0.2) is 9.59 Å². The van der Waals surface area contributed by atoms with Crippen LogP contribution in [-0.4, -0.2) is 29.4 Å². The maximum atomic E-state index is 10.6. The lowest BCUT2D eigenvalue weighted by Crippen LogP contribution is -2.40. The van der Waals surface area contributed by atoms with Crippen molar-refractivity contribution in [2.75, 3.05) is 6.61 Å². The summed E-state index contributed by atoms with van der Waals surface area (Å²) >= 11 is 0. The zero-order valence-corrected chi connectivity index (χ0v) is 6.07. The van der Waals surface area contributed by atoms with Crippen LogP contribution >= 0.6 is 0 Å². The molecule has 0 aliphatic carbocycles. The van der Waals surface area contributed by atoms with E-state index in [1.54, 1.807) is 0 Å². The van der Waals surface area contributed by atoms with Crippen molar-refractivity contribution >= 4 is 12.1 Å². The molecule has 1 unspecified atom stereocenters. The van der Waals surface area contributed by atoms with Gasteiger partial charge in [0.15, 0.2) is 0 Å². The Balaban J connectivity index is 2.83. The molecule has 5 heteroatoms. The van der Waals surface area contributed by atoms with Gasteiger partial charge in [0.2, 0.25) is 0 Å². The summed E-state index contributed by atoms with van der Waals surface area (Å²) in [7, 11) is 0. The van der Waals surface area contributed by atoms with Crippen LogP contribution in [0, 0.1) is 12.3 Å². The smallest absolute Gasteiger partial charge is 0.478 e. The number of terminal acetylenes is 1. The van der Waals surface area contributed by atoms with E-state index in [9.17, 15) is 9.59 Å². The second-order valence-electron chi connectivity index (χ2n) is 2.32. The Morgan fingerprint density at radius 2 is 2.50 bits per heavy atom. The molecule has 5 nitrogen and oxygen atoms in total. The molecule has 1 atom stereocenters. The molecule has 1 N–H and O–H groups in total. The molecule has 1 aliphatic rings. The molecule has 12 heavy (non-hydrogen) atoms. The van der Waals surface area contributed by atoms with Gasteiger partial charge in [0, 0.05) is 0 Å². The number of hydrogen-bond donors (Lipinski definition) is 1. The van der Waals surface area contributed by atoms with Gasteiger partial charge >= 0.3 is 12.1 Å². The van der Waals surface area contributed by atoms with E-state index in [-0.39, 0.29) is 13.0 Å². The van der Waals surface area contributed by atoms with E-state index in [1.807, 2.05) is 0 Å². The van der Waals surface area contributed by atoms with Crippen LogP contribution in [0.15, 0.2) is 0 Å². The van der Waals surface area contributed by atoms with Gasteiger partial charge in [-0.1, -0.05) is 0 Å². The van der Waals surface area contributed by atoms with E-state index in [0.29, 0.717) is 0 Å². The van der Waals surface area contributed by atoms with Gasteiger partial charge in [0.1, 0.15) is 6.61 Å². The lowest BCUT2D eigenvalue weighted by atomic mass is 10.0. The molecule has 1 rings (SSSR count). The fraction of sp³-hybridized carbons (Fsp3) is 0.429. The zero-order chi connectivity index (χ0) is 9.19. The Labute approximate surface area is 68.3 Å². The summed E-state index contributed by atoms with van der Waals surface area (Å²) in [5, 5.41) is 8.66. The molecule has 1 fully saturated rings. The number of carbonyl (C=O) groups is 2. The largest absolute Gasteiger partial charge is 0.509 e. The van der Waals surface area contributed by atoms with Gasteiger partial charge in [-0.3, -0.25) is 0 Å². The van der Waals surface area contributed by atoms with Gasteiger partial charge in [-0.05, 0) is 0 Å². The standard InChI is InChI=1S/C7H6O5/c1-2-3-7(5(8)9)4-11-6(10)12-7/h1H,3-4H2,(H,8,9). The monoisotopic (exact) mass is 170 g/mol. The van der Waals surface area contributed by atoms with Crippen molar-refractivity contribution in [2.45, 2.75) is 12.0 Å². The average Bonchev–Trinajstić information content (AvgIpc) is 2.34. The number of carbonyl (C=O) groups excluding carboxylic acids is 1. The minimum absolute atomic E-state index is 0.186. The Hall–Kier alpha value is -1.70. The van der Waals surface area contributed by atoms with Crippen LogP contribution in [-0.2, 0) is 14.3 Å². The van der Waals surface area contributed by atoms with Gasteiger partial charge in [0.05, 0.1) is 6.42 Å². The fourth-order valence-corrected chi connectivity index (χ4v) is 0.827. The molecule has 0 bridgehead atoms. The molecule has 0 aromatic rings. The molecule has 0 saturated carbocycles. The predicted molar refractivity (Wildman–Crippen MR) is 36.2 cm³/mol. The Morgan fingerprint density at radius 3 is 2.83 bits per heavy atom. The summed E-state index contributed by atoms with van der Waals surface area (Å²) in [5.41, 5.74) is -1.67. The first-order valence-corrected chi connectivity index (χ1v) is 3.13. The molecule has 1 saturated heterocycles. The summed E-state index contributed by atoms with van der Waals surface area (Å²) in [6.07, 6.45) is 3.74. The van der Waals surface area contributed by atoms with Gasteiger partial charge in [0.25, 0.3) is 5.60 Å². The van der Waals surface area contributed by atoms with Gasteiger partial charge < -0.3 is 14.6 Å². The highest BCUT2D eigenvalue weighted by Gasteiger charge is 2.49. The number of cyclic esters (lactones) is 2. The molecule has 0 spiro atoms. The van der Waals surface area contributed by atoms with Crippen molar-refractivity contribution in [1.29, 1.82) is 0 Å². The highest BCUT2D eigenvalue weighted by molar-refractivity contribution is 5.83. The lowest BCUT2D eigenvalue weighted by molar-refractivity contribution is -0.154. The van der Waals surface area contributed by atoms with Crippen LogP contribution in [0.5, 0.6) is 0 Å². The van der Waals surface area contributed by atoms with E-state index in [4.69, 9.17) is 11.5 Å². The van der Waals surface area contributed by atoms with Crippen molar-refractivity contribution in [3.05, 3.63) is 0 Å². The molecule has 0 aromatic heterocycles. The first-order valence-electron chi connectivity index (χ1n) is 3.13. The third-order valence-corrected chi connectivity index (χ3v) is 1.48. The Bertz CT molecular complexity index is 263. The van der Waals surface area contributed by atoms with Crippen molar-refractivity contribution in [3.63, 3.8) is 0 Å². The third-order valence-electron chi connectivity index (χ3n) is 1.48. The molecular weight excluding hydrogens is 164 g/mol. The molecule has 0 radical (unpaired) electrons.